The molecule has 0 bridgehead atoms. The van der Waals surface area contributed by atoms with Crippen LogP contribution in [-0.4, -0.2) is 42.7 Å². The number of nitrogens with one attached hydrogen (secondary N) is 2. The maximum atomic E-state index is 11.6. The first kappa shape index (κ1) is 12.1. The molecule has 1 aromatic heterocycles. The standard InChI is InChI=1S/C9H16N4OS/c1-7-8(15-12-11-7)9(14)10-5-4-6-13(2)3/h4-6H2,1-3H3,(H,10,14)/p+1. The first-order chi connectivity index (χ1) is 7.11. The highest BCUT2D eigenvalue weighted by atomic mass is 32.1. The van der Waals surface area contributed by atoms with Gasteiger partial charge < -0.3 is 10.2 Å². The maximum Gasteiger partial charge on any atom is 0.264 e. The van der Waals surface area contributed by atoms with Crippen LogP contribution in [0, 0.1) is 6.92 Å². The minimum Gasteiger partial charge on any atom is -0.351 e. The Kier molecular flexibility index (Phi) is 4.64. The second-order valence-corrected chi connectivity index (χ2v) is 4.51. The molecule has 0 saturated heterocycles. The maximum absolute atomic E-state index is 11.6. The number of amides is 1. The predicted molar refractivity (Wildman–Crippen MR) is 59.3 cm³/mol. The summed E-state index contributed by atoms with van der Waals surface area (Å²) in [6.45, 7) is 3.56. The third-order valence-corrected chi connectivity index (χ3v) is 2.82. The van der Waals surface area contributed by atoms with Crippen molar-refractivity contribution in [2.24, 2.45) is 0 Å². The lowest BCUT2D eigenvalue weighted by atomic mass is 10.3. The first-order valence-electron chi connectivity index (χ1n) is 4.97. The zero-order valence-electron chi connectivity index (χ0n) is 9.33. The fourth-order valence-electron chi connectivity index (χ4n) is 1.16. The third-order valence-electron chi connectivity index (χ3n) is 2.00. The molecule has 1 amide bonds. The molecule has 0 aliphatic heterocycles. The van der Waals surface area contributed by atoms with Crippen molar-refractivity contribution >= 4 is 17.4 Å². The molecule has 2 N–H and O–H groups in total. The molecular formula is C9H17N4OS+. The SMILES string of the molecule is Cc1nnsc1C(=O)NCCC[NH+](C)C. The zero-order valence-corrected chi connectivity index (χ0v) is 10.1. The summed E-state index contributed by atoms with van der Waals surface area (Å²) < 4.78 is 3.73. The monoisotopic (exact) mass is 229 g/mol. The van der Waals surface area contributed by atoms with Crippen LogP contribution >= 0.6 is 11.5 Å². The van der Waals surface area contributed by atoms with Gasteiger partial charge in [0.25, 0.3) is 5.91 Å². The van der Waals surface area contributed by atoms with E-state index in [4.69, 9.17) is 0 Å². The van der Waals surface area contributed by atoms with E-state index in [-0.39, 0.29) is 5.91 Å². The van der Waals surface area contributed by atoms with E-state index in [2.05, 4.69) is 29.0 Å². The lowest BCUT2D eigenvalue weighted by molar-refractivity contribution is -0.858. The van der Waals surface area contributed by atoms with Gasteiger partial charge in [-0.3, -0.25) is 4.79 Å². The Morgan fingerprint density at radius 3 is 2.80 bits per heavy atom. The molecule has 0 spiro atoms. The molecule has 0 aliphatic rings. The zero-order chi connectivity index (χ0) is 11.3. The van der Waals surface area contributed by atoms with Gasteiger partial charge in [0.2, 0.25) is 0 Å². The van der Waals surface area contributed by atoms with Crippen molar-refractivity contribution in [1.29, 1.82) is 0 Å². The molecule has 0 atom stereocenters. The van der Waals surface area contributed by atoms with E-state index in [1.807, 2.05) is 0 Å². The third kappa shape index (κ3) is 3.93. The summed E-state index contributed by atoms with van der Waals surface area (Å²) in [5, 5.41) is 6.66. The van der Waals surface area contributed by atoms with Crippen molar-refractivity contribution in [2.75, 3.05) is 27.2 Å². The van der Waals surface area contributed by atoms with Crippen molar-refractivity contribution in [3.05, 3.63) is 10.6 Å². The number of hydrogen-bond donors (Lipinski definition) is 2. The summed E-state index contributed by atoms with van der Waals surface area (Å²) in [6.07, 6.45) is 0.985. The molecule has 0 unspecified atom stereocenters. The molecule has 0 saturated carbocycles. The van der Waals surface area contributed by atoms with E-state index in [1.165, 1.54) is 4.90 Å². The first-order valence-corrected chi connectivity index (χ1v) is 5.74. The van der Waals surface area contributed by atoms with Gasteiger partial charge in [0.1, 0.15) is 4.88 Å². The number of carbonyl (C=O) groups excluding carboxylic acids is 1. The molecule has 1 rings (SSSR count). The van der Waals surface area contributed by atoms with E-state index >= 15 is 0 Å². The Bertz CT molecular complexity index is 324. The van der Waals surface area contributed by atoms with E-state index < -0.39 is 0 Å². The average Bonchev–Trinajstić information content (AvgIpc) is 2.58. The Morgan fingerprint density at radius 1 is 1.53 bits per heavy atom. The second-order valence-electron chi connectivity index (χ2n) is 3.75. The van der Waals surface area contributed by atoms with Gasteiger partial charge in [-0.1, -0.05) is 4.49 Å². The van der Waals surface area contributed by atoms with Gasteiger partial charge in [0, 0.05) is 13.0 Å². The Morgan fingerprint density at radius 2 is 2.27 bits per heavy atom. The molecule has 84 valence electrons. The minimum absolute atomic E-state index is 0.0590. The molecular weight excluding hydrogens is 212 g/mol. The van der Waals surface area contributed by atoms with E-state index in [1.54, 1.807) is 6.92 Å². The van der Waals surface area contributed by atoms with Crippen LogP contribution in [0.1, 0.15) is 21.8 Å². The molecule has 1 heterocycles. The fourth-order valence-corrected chi connectivity index (χ4v) is 1.74. The van der Waals surface area contributed by atoms with Crippen molar-refractivity contribution < 1.29 is 9.69 Å². The average molecular weight is 229 g/mol. The van der Waals surface area contributed by atoms with Crippen LogP contribution in [-0.2, 0) is 0 Å². The normalized spacial score (nSPS) is 10.7. The van der Waals surface area contributed by atoms with Crippen LogP contribution in [0.3, 0.4) is 0 Å². The lowest BCUT2D eigenvalue weighted by Gasteiger charge is -2.07. The van der Waals surface area contributed by atoms with Gasteiger partial charge in [-0.2, -0.15) is 0 Å². The smallest absolute Gasteiger partial charge is 0.264 e. The van der Waals surface area contributed by atoms with Gasteiger partial charge in [-0.05, 0) is 18.5 Å². The van der Waals surface area contributed by atoms with Crippen LogP contribution in [0.4, 0.5) is 0 Å². The number of carbonyl (C=O) groups is 1. The predicted octanol–water partition coefficient (Wildman–Crippen LogP) is -0.889. The number of aryl methyl sites for hydroxylation is 1. The van der Waals surface area contributed by atoms with Crippen LogP contribution in [0.5, 0.6) is 0 Å². The van der Waals surface area contributed by atoms with E-state index in [0.717, 1.165) is 24.5 Å². The Labute approximate surface area is 93.6 Å². The number of quaternary nitrogens is 1. The van der Waals surface area contributed by atoms with Crippen LogP contribution in [0.25, 0.3) is 0 Å². The second kappa shape index (κ2) is 5.77. The summed E-state index contributed by atoms with van der Waals surface area (Å²) in [6, 6.07) is 0. The largest absolute Gasteiger partial charge is 0.351 e. The minimum atomic E-state index is -0.0590. The fraction of sp³-hybridized carbons (Fsp3) is 0.667. The van der Waals surface area contributed by atoms with Crippen molar-refractivity contribution in [2.45, 2.75) is 13.3 Å². The van der Waals surface area contributed by atoms with Gasteiger partial charge in [0.15, 0.2) is 0 Å². The molecule has 0 aliphatic carbocycles. The van der Waals surface area contributed by atoms with Crippen molar-refractivity contribution in [3.63, 3.8) is 0 Å². The molecule has 1 aromatic rings. The highest BCUT2D eigenvalue weighted by molar-refractivity contribution is 7.07. The number of rotatable bonds is 5. The quantitative estimate of drug-likeness (QED) is 0.644. The summed E-state index contributed by atoms with van der Waals surface area (Å²) in [7, 11) is 4.19. The molecule has 0 fully saturated rings. The number of nitrogens with zero attached hydrogens (tertiary/aromatic N) is 2. The molecule has 0 radical (unpaired) electrons. The molecule has 6 heteroatoms. The summed E-state index contributed by atoms with van der Waals surface area (Å²) in [5.41, 5.74) is 0.704. The highest BCUT2D eigenvalue weighted by Crippen LogP contribution is 2.07. The summed E-state index contributed by atoms with van der Waals surface area (Å²) >= 11 is 1.14. The van der Waals surface area contributed by atoms with Gasteiger partial charge >= 0.3 is 0 Å². The van der Waals surface area contributed by atoms with E-state index in [0.29, 0.717) is 17.1 Å². The van der Waals surface area contributed by atoms with E-state index in [9.17, 15) is 4.79 Å². The Balaban J connectivity index is 2.28. The Hall–Kier alpha value is -1.01. The van der Waals surface area contributed by atoms with Crippen molar-refractivity contribution in [1.82, 2.24) is 14.9 Å². The van der Waals surface area contributed by atoms with Gasteiger partial charge in [-0.25, -0.2) is 0 Å². The van der Waals surface area contributed by atoms with Crippen LogP contribution in [0.2, 0.25) is 0 Å². The van der Waals surface area contributed by atoms with Gasteiger partial charge in [-0.15, -0.1) is 5.10 Å². The van der Waals surface area contributed by atoms with Gasteiger partial charge in [0.05, 0.1) is 26.3 Å². The topological polar surface area (TPSA) is 59.3 Å². The molecule has 15 heavy (non-hydrogen) atoms. The highest BCUT2D eigenvalue weighted by Gasteiger charge is 2.11. The van der Waals surface area contributed by atoms with Crippen molar-refractivity contribution in [3.8, 4) is 0 Å². The lowest BCUT2D eigenvalue weighted by Crippen LogP contribution is -3.05. The number of hydrogen-bond acceptors (Lipinski definition) is 4. The van der Waals surface area contributed by atoms with Crippen LogP contribution in [0.15, 0.2) is 0 Å². The summed E-state index contributed by atoms with van der Waals surface area (Å²) in [5.74, 6) is -0.0590. The van der Waals surface area contributed by atoms with Crippen LogP contribution < -0.4 is 10.2 Å². The molecule has 5 nitrogen and oxygen atoms in total. The summed E-state index contributed by atoms with van der Waals surface area (Å²) in [4.78, 5) is 13.6. The molecule has 0 aromatic carbocycles. The number of aromatic nitrogens is 2.